The van der Waals surface area contributed by atoms with Crippen LogP contribution in [0.4, 0.5) is 0 Å². The molecule has 0 aliphatic carbocycles. The van der Waals surface area contributed by atoms with E-state index in [2.05, 4.69) is 27.2 Å². The molecule has 0 fully saturated rings. The van der Waals surface area contributed by atoms with Gasteiger partial charge in [0, 0.05) is 10.0 Å². The fraction of sp³-hybridized carbons (Fsp3) is 0.214. The number of rotatable bonds is 6. The van der Waals surface area contributed by atoms with Crippen molar-refractivity contribution in [3.05, 3.63) is 34.3 Å². The van der Waals surface area contributed by atoms with Crippen molar-refractivity contribution in [2.75, 3.05) is 19.6 Å². The molecule has 0 atom stereocenters. The Morgan fingerprint density at radius 3 is 2.67 bits per heavy atom. The van der Waals surface area contributed by atoms with Crippen molar-refractivity contribution < 1.29 is 19.5 Å². The zero-order valence-corrected chi connectivity index (χ0v) is 12.6. The van der Waals surface area contributed by atoms with E-state index >= 15 is 0 Å². The highest BCUT2D eigenvalue weighted by Crippen LogP contribution is 2.11. The van der Waals surface area contributed by atoms with E-state index < -0.39 is 24.3 Å². The summed E-state index contributed by atoms with van der Waals surface area (Å²) in [5.74, 6) is 0.0475. The topological polar surface area (TPSA) is 86.7 Å². The summed E-state index contributed by atoms with van der Waals surface area (Å²) in [7, 11) is 0. The molecule has 0 aliphatic heterocycles. The van der Waals surface area contributed by atoms with Gasteiger partial charge in [-0.25, -0.2) is 0 Å². The summed E-state index contributed by atoms with van der Waals surface area (Å²) >= 11 is 3.24. The third kappa shape index (κ3) is 5.67. The van der Waals surface area contributed by atoms with Gasteiger partial charge in [-0.05, 0) is 18.2 Å². The normalized spacial score (nSPS) is 9.52. The van der Waals surface area contributed by atoms with Crippen LogP contribution >= 0.6 is 15.9 Å². The summed E-state index contributed by atoms with van der Waals surface area (Å²) in [5.41, 5.74) is 0.388. The van der Waals surface area contributed by atoms with Gasteiger partial charge in [0.15, 0.2) is 0 Å². The second-order valence-electron chi connectivity index (χ2n) is 4.04. The molecule has 1 aromatic rings. The highest BCUT2D eigenvalue weighted by atomic mass is 79.9. The van der Waals surface area contributed by atoms with E-state index in [9.17, 15) is 14.4 Å². The van der Waals surface area contributed by atoms with Gasteiger partial charge in [0.05, 0.1) is 13.1 Å². The third-order valence-electron chi connectivity index (χ3n) is 2.45. The van der Waals surface area contributed by atoms with Crippen molar-refractivity contribution in [2.45, 2.75) is 0 Å². The van der Waals surface area contributed by atoms with Gasteiger partial charge in [-0.15, -0.1) is 6.42 Å². The summed E-state index contributed by atoms with van der Waals surface area (Å²) in [4.78, 5) is 35.3. The third-order valence-corrected chi connectivity index (χ3v) is 2.94. The van der Waals surface area contributed by atoms with Crippen molar-refractivity contribution in [3.63, 3.8) is 0 Å². The van der Waals surface area contributed by atoms with Crippen LogP contribution in [-0.2, 0) is 9.59 Å². The lowest BCUT2D eigenvalue weighted by Crippen LogP contribution is -2.42. The van der Waals surface area contributed by atoms with Crippen LogP contribution in [0, 0.1) is 12.3 Å². The van der Waals surface area contributed by atoms with Crippen molar-refractivity contribution >= 4 is 33.7 Å². The Morgan fingerprint density at radius 1 is 1.38 bits per heavy atom. The molecule has 0 spiro atoms. The predicted octanol–water partition coefficient (Wildman–Crippen LogP) is 0.725. The first kappa shape index (κ1) is 16.7. The zero-order valence-electron chi connectivity index (χ0n) is 11.0. The van der Waals surface area contributed by atoms with Crippen LogP contribution in [0.2, 0.25) is 0 Å². The molecule has 1 rings (SSSR count). The number of terminal acetylenes is 1. The first-order valence-corrected chi connectivity index (χ1v) is 6.70. The Hall–Kier alpha value is -2.33. The number of halogens is 1. The number of carboxylic acid groups (broad SMARTS) is 1. The highest BCUT2D eigenvalue weighted by Gasteiger charge is 2.16. The van der Waals surface area contributed by atoms with Crippen molar-refractivity contribution in [1.29, 1.82) is 0 Å². The fourth-order valence-corrected chi connectivity index (χ4v) is 1.90. The molecule has 0 saturated carbocycles. The lowest BCUT2D eigenvalue weighted by molar-refractivity contribution is -0.143. The second-order valence-corrected chi connectivity index (χ2v) is 4.96. The first-order chi connectivity index (χ1) is 9.93. The van der Waals surface area contributed by atoms with E-state index in [0.717, 1.165) is 9.37 Å². The monoisotopic (exact) mass is 352 g/mol. The molecular formula is C14H13BrN2O4. The van der Waals surface area contributed by atoms with Gasteiger partial charge >= 0.3 is 5.97 Å². The van der Waals surface area contributed by atoms with Crippen LogP contribution in [0.15, 0.2) is 28.7 Å². The smallest absolute Gasteiger partial charge is 0.323 e. The molecule has 0 unspecified atom stereocenters. The van der Waals surface area contributed by atoms with E-state index in [1.54, 1.807) is 24.3 Å². The molecule has 1 aromatic carbocycles. The number of carbonyl (C=O) groups is 3. The average Bonchev–Trinajstić information content (AvgIpc) is 2.43. The minimum Gasteiger partial charge on any atom is -0.480 e. The van der Waals surface area contributed by atoms with Crippen LogP contribution in [0.25, 0.3) is 0 Å². The number of nitrogens with zero attached hydrogens (tertiary/aromatic N) is 1. The molecule has 0 radical (unpaired) electrons. The van der Waals surface area contributed by atoms with E-state index in [1.807, 2.05) is 0 Å². The molecule has 6 nitrogen and oxygen atoms in total. The van der Waals surface area contributed by atoms with Gasteiger partial charge in [0.1, 0.15) is 6.54 Å². The van der Waals surface area contributed by atoms with E-state index in [-0.39, 0.29) is 13.1 Å². The zero-order chi connectivity index (χ0) is 15.8. The summed E-state index contributed by atoms with van der Waals surface area (Å²) in [5, 5.41) is 11.1. The minimum absolute atomic E-state index is 0.127. The first-order valence-electron chi connectivity index (χ1n) is 5.91. The summed E-state index contributed by atoms with van der Waals surface area (Å²) < 4.78 is 0.737. The maximum Gasteiger partial charge on any atom is 0.323 e. The largest absolute Gasteiger partial charge is 0.480 e. The summed E-state index contributed by atoms with van der Waals surface area (Å²) in [6, 6.07) is 6.66. The lowest BCUT2D eigenvalue weighted by atomic mass is 10.2. The SMILES string of the molecule is C#CCN(CC(=O)O)C(=O)CNC(=O)c1cccc(Br)c1. The molecule has 0 bridgehead atoms. The molecule has 0 saturated heterocycles. The molecule has 110 valence electrons. The van der Waals surface area contributed by atoms with Crippen LogP contribution in [0.3, 0.4) is 0 Å². The Kier molecular flexibility index (Phi) is 6.43. The van der Waals surface area contributed by atoms with Gasteiger partial charge in [-0.1, -0.05) is 27.9 Å². The molecule has 0 aromatic heterocycles. The molecule has 2 amide bonds. The standard InChI is InChI=1S/C14H13BrN2O4/c1-2-6-17(9-13(19)20)12(18)8-16-14(21)10-4-3-5-11(15)7-10/h1,3-5,7H,6,8-9H2,(H,16,21)(H,19,20). The molecular weight excluding hydrogens is 340 g/mol. The molecule has 21 heavy (non-hydrogen) atoms. The van der Waals surface area contributed by atoms with E-state index in [1.165, 1.54) is 0 Å². The molecule has 0 heterocycles. The molecule has 2 N–H and O–H groups in total. The number of carbonyl (C=O) groups excluding carboxylic acids is 2. The summed E-state index contributed by atoms with van der Waals surface area (Å²) in [6.07, 6.45) is 5.08. The van der Waals surface area contributed by atoms with Crippen LogP contribution in [0.1, 0.15) is 10.4 Å². The van der Waals surface area contributed by atoms with Crippen LogP contribution < -0.4 is 5.32 Å². The maximum atomic E-state index is 11.8. The molecule has 0 aliphatic rings. The quantitative estimate of drug-likeness (QED) is 0.738. The minimum atomic E-state index is -1.17. The number of hydrogen-bond donors (Lipinski definition) is 2. The van der Waals surface area contributed by atoms with E-state index in [4.69, 9.17) is 11.5 Å². The number of carboxylic acids is 1. The fourth-order valence-electron chi connectivity index (χ4n) is 1.51. The van der Waals surface area contributed by atoms with Crippen LogP contribution in [-0.4, -0.2) is 47.4 Å². The van der Waals surface area contributed by atoms with Gasteiger partial charge in [0.2, 0.25) is 5.91 Å². The number of benzene rings is 1. The van der Waals surface area contributed by atoms with Gasteiger partial charge < -0.3 is 15.3 Å². The number of nitrogens with one attached hydrogen (secondary N) is 1. The Labute approximate surface area is 130 Å². The second kappa shape index (κ2) is 8.07. The van der Waals surface area contributed by atoms with Crippen molar-refractivity contribution in [3.8, 4) is 12.3 Å². The van der Waals surface area contributed by atoms with Crippen molar-refractivity contribution in [1.82, 2.24) is 10.2 Å². The Bertz CT molecular complexity index is 595. The number of amides is 2. The maximum absolute atomic E-state index is 11.8. The number of aliphatic carboxylic acids is 1. The van der Waals surface area contributed by atoms with Crippen molar-refractivity contribution in [2.24, 2.45) is 0 Å². The Morgan fingerprint density at radius 2 is 2.10 bits per heavy atom. The lowest BCUT2D eigenvalue weighted by Gasteiger charge is -2.18. The van der Waals surface area contributed by atoms with Crippen LogP contribution in [0.5, 0.6) is 0 Å². The molecule has 7 heteroatoms. The van der Waals surface area contributed by atoms with Gasteiger partial charge in [-0.2, -0.15) is 0 Å². The average molecular weight is 353 g/mol. The van der Waals surface area contributed by atoms with E-state index in [0.29, 0.717) is 5.56 Å². The Balaban J connectivity index is 2.60. The number of hydrogen-bond acceptors (Lipinski definition) is 3. The highest BCUT2D eigenvalue weighted by molar-refractivity contribution is 9.10. The summed E-state index contributed by atoms with van der Waals surface area (Å²) in [6.45, 7) is -0.950. The van der Waals surface area contributed by atoms with Gasteiger partial charge in [0.25, 0.3) is 5.91 Å². The van der Waals surface area contributed by atoms with Gasteiger partial charge in [-0.3, -0.25) is 14.4 Å². The predicted molar refractivity (Wildman–Crippen MR) is 79.5 cm³/mol.